The predicted octanol–water partition coefficient (Wildman–Crippen LogP) is 1.23. The zero-order valence-corrected chi connectivity index (χ0v) is 14.2. The van der Waals surface area contributed by atoms with Gasteiger partial charge in [0.1, 0.15) is 5.82 Å². The van der Waals surface area contributed by atoms with Crippen LogP contribution in [-0.4, -0.2) is 79.2 Å². The Bertz CT molecular complexity index is 571. The van der Waals surface area contributed by atoms with Crippen molar-refractivity contribution in [3.8, 4) is 0 Å². The SMILES string of the molecule is O=C(c1ccc(N2CCOCC2)nc1)N1CCN2CCCC[C@@H]2C1. The van der Waals surface area contributed by atoms with Crippen molar-refractivity contribution < 1.29 is 9.53 Å². The number of hydrogen-bond acceptors (Lipinski definition) is 5. The van der Waals surface area contributed by atoms with E-state index in [1.807, 2.05) is 17.0 Å². The number of rotatable bonds is 2. The lowest BCUT2D eigenvalue weighted by atomic mass is 9.99. The highest BCUT2D eigenvalue weighted by atomic mass is 16.5. The van der Waals surface area contributed by atoms with Crippen LogP contribution in [-0.2, 0) is 4.74 Å². The Kier molecular flexibility index (Phi) is 4.67. The van der Waals surface area contributed by atoms with Crippen molar-refractivity contribution in [1.29, 1.82) is 0 Å². The molecule has 6 heteroatoms. The maximum absolute atomic E-state index is 12.8. The topological polar surface area (TPSA) is 48.9 Å². The first-order valence-corrected chi connectivity index (χ1v) is 9.13. The van der Waals surface area contributed by atoms with Crippen LogP contribution < -0.4 is 4.90 Å². The van der Waals surface area contributed by atoms with E-state index in [4.69, 9.17) is 4.74 Å². The summed E-state index contributed by atoms with van der Waals surface area (Å²) in [5.41, 5.74) is 0.705. The molecule has 6 nitrogen and oxygen atoms in total. The maximum Gasteiger partial charge on any atom is 0.255 e. The molecule has 1 aromatic heterocycles. The van der Waals surface area contributed by atoms with Crippen LogP contribution >= 0.6 is 0 Å². The number of fused-ring (bicyclic) bond motifs is 1. The molecular formula is C18H26N4O2. The van der Waals surface area contributed by atoms with E-state index in [9.17, 15) is 4.79 Å². The summed E-state index contributed by atoms with van der Waals surface area (Å²) in [7, 11) is 0. The van der Waals surface area contributed by atoms with E-state index in [2.05, 4.69) is 14.8 Å². The summed E-state index contributed by atoms with van der Waals surface area (Å²) in [6.45, 7) is 7.12. The highest BCUT2D eigenvalue weighted by Gasteiger charge is 2.31. The Hall–Kier alpha value is -1.66. The minimum absolute atomic E-state index is 0.126. The Morgan fingerprint density at radius 3 is 2.75 bits per heavy atom. The number of aromatic nitrogens is 1. The van der Waals surface area contributed by atoms with E-state index in [0.717, 1.165) is 51.8 Å². The molecule has 0 spiro atoms. The average molecular weight is 330 g/mol. The first-order chi connectivity index (χ1) is 11.8. The summed E-state index contributed by atoms with van der Waals surface area (Å²) < 4.78 is 5.37. The highest BCUT2D eigenvalue weighted by Crippen LogP contribution is 2.22. The molecule has 3 aliphatic rings. The van der Waals surface area contributed by atoms with Gasteiger partial charge >= 0.3 is 0 Å². The Balaban J connectivity index is 1.40. The fourth-order valence-electron chi connectivity index (χ4n) is 4.02. The van der Waals surface area contributed by atoms with Crippen LogP contribution in [0, 0.1) is 0 Å². The van der Waals surface area contributed by atoms with Gasteiger partial charge in [0.2, 0.25) is 0 Å². The number of hydrogen-bond donors (Lipinski definition) is 0. The van der Waals surface area contributed by atoms with E-state index in [0.29, 0.717) is 11.6 Å². The van der Waals surface area contributed by atoms with Crippen LogP contribution in [0.25, 0.3) is 0 Å². The largest absolute Gasteiger partial charge is 0.378 e. The molecule has 3 saturated heterocycles. The van der Waals surface area contributed by atoms with E-state index in [1.54, 1.807) is 6.20 Å². The van der Waals surface area contributed by atoms with Crippen molar-refractivity contribution in [2.45, 2.75) is 25.3 Å². The normalized spacial score (nSPS) is 25.4. The van der Waals surface area contributed by atoms with Crippen molar-refractivity contribution >= 4 is 11.7 Å². The zero-order valence-electron chi connectivity index (χ0n) is 14.2. The number of pyridine rings is 1. The molecule has 1 amide bonds. The lowest BCUT2D eigenvalue weighted by molar-refractivity contribution is 0.0372. The number of carbonyl (C=O) groups is 1. The second kappa shape index (κ2) is 7.07. The number of ether oxygens (including phenoxy) is 1. The van der Waals surface area contributed by atoms with Gasteiger partial charge in [0, 0.05) is 45.0 Å². The van der Waals surface area contributed by atoms with Crippen LogP contribution in [0.3, 0.4) is 0 Å². The molecule has 24 heavy (non-hydrogen) atoms. The van der Waals surface area contributed by atoms with Crippen LogP contribution in [0.2, 0.25) is 0 Å². The first kappa shape index (κ1) is 15.8. The van der Waals surface area contributed by atoms with Crippen LogP contribution in [0.15, 0.2) is 18.3 Å². The molecule has 3 aliphatic heterocycles. The number of piperazine rings is 1. The van der Waals surface area contributed by atoms with Crippen LogP contribution in [0.5, 0.6) is 0 Å². The van der Waals surface area contributed by atoms with Crippen molar-refractivity contribution in [2.24, 2.45) is 0 Å². The average Bonchev–Trinajstić information content (AvgIpc) is 2.68. The van der Waals surface area contributed by atoms with Crippen molar-refractivity contribution in [3.63, 3.8) is 0 Å². The van der Waals surface area contributed by atoms with Gasteiger partial charge in [-0.15, -0.1) is 0 Å². The summed E-state index contributed by atoms with van der Waals surface area (Å²) in [5, 5.41) is 0. The molecule has 0 unspecified atom stereocenters. The maximum atomic E-state index is 12.8. The molecule has 130 valence electrons. The summed E-state index contributed by atoms with van der Waals surface area (Å²) in [5.74, 6) is 1.06. The standard InChI is InChI=1S/C18H26N4O2/c23-18(22-8-7-20-6-2-1-3-16(20)14-22)15-4-5-17(19-13-15)21-9-11-24-12-10-21/h4-5,13,16H,1-3,6-12,14H2/t16-/m1/s1. The molecule has 1 atom stereocenters. The third-order valence-corrected chi connectivity index (χ3v) is 5.45. The van der Waals surface area contributed by atoms with Gasteiger partial charge in [-0.05, 0) is 31.5 Å². The molecule has 0 saturated carbocycles. The van der Waals surface area contributed by atoms with Gasteiger partial charge in [-0.2, -0.15) is 0 Å². The fraction of sp³-hybridized carbons (Fsp3) is 0.667. The minimum atomic E-state index is 0.126. The molecular weight excluding hydrogens is 304 g/mol. The van der Waals surface area contributed by atoms with E-state index >= 15 is 0 Å². The van der Waals surface area contributed by atoms with Crippen molar-refractivity contribution in [1.82, 2.24) is 14.8 Å². The zero-order chi connectivity index (χ0) is 16.4. The van der Waals surface area contributed by atoms with Gasteiger partial charge in [0.15, 0.2) is 0 Å². The Morgan fingerprint density at radius 2 is 1.96 bits per heavy atom. The second-order valence-electron chi connectivity index (χ2n) is 6.94. The lowest BCUT2D eigenvalue weighted by Gasteiger charge is -2.44. The third-order valence-electron chi connectivity index (χ3n) is 5.45. The van der Waals surface area contributed by atoms with E-state index in [1.165, 1.54) is 25.8 Å². The minimum Gasteiger partial charge on any atom is -0.378 e. The van der Waals surface area contributed by atoms with Gasteiger partial charge in [-0.3, -0.25) is 9.69 Å². The first-order valence-electron chi connectivity index (χ1n) is 9.13. The van der Waals surface area contributed by atoms with Crippen molar-refractivity contribution in [3.05, 3.63) is 23.9 Å². The smallest absolute Gasteiger partial charge is 0.255 e. The van der Waals surface area contributed by atoms with Gasteiger partial charge in [-0.1, -0.05) is 6.42 Å². The van der Waals surface area contributed by atoms with E-state index < -0.39 is 0 Å². The number of amides is 1. The fourth-order valence-corrected chi connectivity index (χ4v) is 4.02. The molecule has 0 radical (unpaired) electrons. The monoisotopic (exact) mass is 330 g/mol. The molecule has 0 aliphatic carbocycles. The van der Waals surface area contributed by atoms with Crippen molar-refractivity contribution in [2.75, 3.05) is 57.4 Å². The summed E-state index contributed by atoms with van der Waals surface area (Å²) in [6.07, 6.45) is 5.55. The summed E-state index contributed by atoms with van der Waals surface area (Å²) >= 11 is 0. The molecule has 0 aromatic carbocycles. The number of carbonyl (C=O) groups excluding carboxylic acids is 1. The molecule has 0 N–H and O–H groups in total. The lowest BCUT2D eigenvalue weighted by Crippen LogP contribution is -2.56. The van der Waals surface area contributed by atoms with Crippen LogP contribution in [0.1, 0.15) is 29.6 Å². The summed E-state index contributed by atoms with van der Waals surface area (Å²) in [6, 6.07) is 4.44. The van der Waals surface area contributed by atoms with Gasteiger partial charge in [0.25, 0.3) is 5.91 Å². The molecule has 4 heterocycles. The number of nitrogens with zero attached hydrogens (tertiary/aromatic N) is 4. The highest BCUT2D eigenvalue weighted by molar-refractivity contribution is 5.94. The number of anilines is 1. The van der Waals surface area contributed by atoms with Gasteiger partial charge in [-0.25, -0.2) is 4.98 Å². The predicted molar refractivity (Wildman–Crippen MR) is 92.4 cm³/mol. The third kappa shape index (κ3) is 3.26. The molecule has 4 rings (SSSR count). The van der Waals surface area contributed by atoms with Gasteiger partial charge in [0.05, 0.1) is 18.8 Å². The molecule has 3 fully saturated rings. The van der Waals surface area contributed by atoms with Gasteiger partial charge < -0.3 is 14.5 Å². The van der Waals surface area contributed by atoms with Crippen LogP contribution in [0.4, 0.5) is 5.82 Å². The molecule has 1 aromatic rings. The second-order valence-corrected chi connectivity index (χ2v) is 6.94. The summed E-state index contributed by atoms with van der Waals surface area (Å²) in [4.78, 5) is 24.1. The number of morpholine rings is 1. The Morgan fingerprint density at radius 1 is 1.08 bits per heavy atom. The Labute approximate surface area is 143 Å². The molecule has 0 bridgehead atoms. The van der Waals surface area contributed by atoms with E-state index in [-0.39, 0.29) is 5.91 Å². The quantitative estimate of drug-likeness (QED) is 0.816. The number of piperidine rings is 1.